The Balaban J connectivity index is 2.95. The lowest BCUT2D eigenvalue weighted by molar-refractivity contribution is 0.460. The molecule has 2 unspecified atom stereocenters. The predicted molar refractivity (Wildman–Crippen MR) is 81.3 cm³/mol. The van der Waals surface area contributed by atoms with Crippen LogP contribution in [0.2, 0.25) is 0 Å². The van der Waals surface area contributed by atoms with E-state index in [9.17, 15) is 12.8 Å². The molecule has 0 amide bonds. The fourth-order valence-corrected chi connectivity index (χ4v) is 2.69. The van der Waals surface area contributed by atoms with Gasteiger partial charge in [0, 0.05) is 12.3 Å². The Labute approximate surface area is 121 Å². The average Bonchev–Trinajstić information content (AvgIpc) is 2.38. The Bertz CT molecular complexity index is 543. The predicted octanol–water partition coefficient (Wildman–Crippen LogP) is 3.86. The van der Waals surface area contributed by atoms with Gasteiger partial charge in [-0.25, -0.2) is 12.8 Å². The van der Waals surface area contributed by atoms with Crippen LogP contribution in [0.4, 0.5) is 10.1 Å². The molecule has 0 bridgehead atoms. The monoisotopic (exact) mass is 301 g/mol. The van der Waals surface area contributed by atoms with Crippen molar-refractivity contribution in [2.75, 3.05) is 11.6 Å². The molecule has 20 heavy (non-hydrogen) atoms. The summed E-state index contributed by atoms with van der Waals surface area (Å²) in [6.45, 7) is 6.33. The molecule has 114 valence electrons. The summed E-state index contributed by atoms with van der Waals surface area (Å²) < 4.78 is 36.9. The van der Waals surface area contributed by atoms with Gasteiger partial charge in [0.25, 0.3) is 0 Å². The van der Waals surface area contributed by atoms with Crippen LogP contribution in [-0.2, 0) is 9.84 Å². The van der Waals surface area contributed by atoms with Crippen LogP contribution >= 0.6 is 0 Å². The van der Waals surface area contributed by atoms with Crippen LogP contribution in [0.15, 0.2) is 23.1 Å². The van der Waals surface area contributed by atoms with Crippen LogP contribution in [0.25, 0.3) is 0 Å². The van der Waals surface area contributed by atoms with Crippen molar-refractivity contribution in [3.8, 4) is 0 Å². The maximum atomic E-state index is 13.8. The highest BCUT2D eigenvalue weighted by Crippen LogP contribution is 2.23. The van der Waals surface area contributed by atoms with E-state index in [1.54, 1.807) is 0 Å². The molecule has 1 N–H and O–H groups in total. The summed E-state index contributed by atoms with van der Waals surface area (Å²) >= 11 is 0. The third kappa shape index (κ3) is 4.78. The average molecular weight is 301 g/mol. The Kier molecular flexibility index (Phi) is 5.99. The van der Waals surface area contributed by atoms with Crippen LogP contribution in [0.3, 0.4) is 0 Å². The minimum Gasteiger partial charge on any atom is -0.380 e. The summed E-state index contributed by atoms with van der Waals surface area (Å²) in [5.41, 5.74) is 0.267. The molecule has 0 saturated carbocycles. The molecule has 5 heteroatoms. The Morgan fingerprint density at radius 1 is 1.25 bits per heavy atom. The van der Waals surface area contributed by atoms with Gasteiger partial charge >= 0.3 is 0 Å². The van der Waals surface area contributed by atoms with Crippen molar-refractivity contribution in [2.24, 2.45) is 5.92 Å². The van der Waals surface area contributed by atoms with Crippen molar-refractivity contribution in [1.29, 1.82) is 0 Å². The molecule has 0 fully saturated rings. The van der Waals surface area contributed by atoms with Crippen molar-refractivity contribution in [2.45, 2.75) is 51.0 Å². The molecule has 0 saturated heterocycles. The lowest BCUT2D eigenvalue weighted by atomic mass is 9.97. The molecule has 1 aromatic rings. The lowest BCUT2D eigenvalue weighted by Gasteiger charge is -2.22. The first-order valence-corrected chi connectivity index (χ1v) is 8.93. The second kappa shape index (κ2) is 7.07. The van der Waals surface area contributed by atoms with Gasteiger partial charge in [0.15, 0.2) is 9.84 Å². The van der Waals surface area contributed by atoms with Crippen molar-refractivity contribution in [1.82, 2.24) is 0 Å². The lowest BCUT2D eigenvalue weighted by Crippen LogP contribution is -2.22. The highest BCUT2D eigenvalue weighted by atomic mass is 32.2. The molecule has 0 aliphatic carbocycles. The summed E-state index contributed by atoms with van der Waals surface area (Å²) in [4.78, 5) is 0.139. The van der Waals surface area contributed by atoms with Gasteiger partial charge < -0.3 is 5.32 Å². The van der Waals surface area contributed by atoms with E-state index in [-0.39, 0.29) is 16.6 Å². The molecular formula is C15H24FNO2S. The number of sulfone groups is 1. The molecule has 1 aromatic carbocycles. The number of nitrogens with one attached hydrogen (secondary N) is 1. The Hall–Kier alpha value is -1.10. The van der Waals surface area contributed by atoms with Crippen molar-refractivity contribution in [3.05, 3.63) is 24.0 Å². The minimum absolute atomic E-state index is 0.139. The molecule has 0 aliphatic heterocycles. The van der Waals surface area contributed by atoms with Gasteiger partial charge in [0.1, 0.15) is 5.82 Å². The number of rotatable bonds is 7. The van der Waals surface area contributed by atoms with Crippen LogP contribution in [-0.4, -0.2) is 20.7 Å². The third-order valence-corrected chi connectivity index (χ3v) is 4.71. The molecule has 0 aromatic heterocycles. The number of benzene rings is 1. The fraction of sp³-hybridized carbons (Fsp3) is 0.600. The summed E-state index contributed by atoms with van der Waals surface area (Å²) in [5, 5.41) is 3.14. The topological polar surface area (TPSA) is 46.2 Å². The Morgan fingerprint density at radius 3 is 2.40 bits per heavy atom. The highest BCUT2D eigenvalue weighted by molar-refractivity contribution is 7.90. The zero-order valence-electron chi connectivity index (χ0n) is 12.6. The smallest absolute Gasteiger partial charge is 0.175 e. The Morgan fingerprint density at radius 2 is 1.90 bits per heavy atom. The molecular weight excluding hydrogens is 277 g/mol. The van der Waals surface area contributed by atoms with E-state index in [2.05, 4.69) is 19.2 Å². The van der Waals surface area contributed by atoms with Gasteiger partial charge in [-0.3, -0.25) is 0 Å². The van der Waals surface area contributed by atoms with Gasteiger partial charge in [-0.05, 0) is 37.0 Å². The van der Waals surface area contributed by atoms with E-state index in [4.69, 9.17) is 0 Å². The molecule has 1 rings (SSSR count). The first kappa shape index (κ1) is 17.0. The van der Waals surface area contributed by atoms with Crippen LogP contribution in [0, 0.1) is 11.7 Å². The van der Waals surface area contributed by atoms with Gasteiger partial charge in [-0.2, -0.15) is 0 Å². The zero-order chi connectivity index (χ0) is 15.3. The van der Waals surface area contributed by atoms with E-state index in [1.165, 1.54) is 18.2 Å². The van der Waals surface area contributed by atoms with E-state index >= 15 is 0 Å². The number of hydrogen-bond donors (Lipinski definition) is 1. The second-order valence-corrected chi connectivity index (χ2v) is 7.43. The maximum absolute atomic E-state index is 13.8. The summed E-state index contributed by atoms with van der Waals surface area (Å²) in [6, 6.07) is 4.03. The second-order valence-electron chi connectivity index (χ2n) is 5.41. The summed E-state index contributed by atoms with van der Waals surface area (Å²) in [7, 11) is -3.32. The van der Waals surface area contributed by atoms with Crippen LogP contribution in [0.5, 0.6) is 0 Å². The van der Waals surface area contributed by atoms with Gasteiger partial charge in [0.2, 0.25) is 0 Å². The van der Waals surface area contributed by atoms with E-state index in [0.717, 1.165) is 25.5 Å². The molecule has 0 radical (unpaired) electrons. The number of anilines is 1. The van der Waals surface area contributed by atoms with E-state index in [0.29, 0.717) is 5.92 Å². The molecule has 3 nitrogen and oxygen atoms in total. The first-order valence-electron chi connectivity index (χ1n) is 7.04. The maximum Gasteiger partial charge on any atom is 0.175 e. The van der Waals surface area contributed by atoms with E-state index < -0.39 is 15.7 Å². The summed E-state index contributed by atoms with van der Waals surface area (Å²) in [5.74, 6) is 0.133. The molecule has 2 atom stereocenters. The van der Waals surface area contributed by atoms with Gasteiger partial charge in [0.05, 0.1) is 10.6 Å². The summed E-state index contributed by atoms with van der Waals surface area (Å²) in [6.07, 6.45) is 4.01. The van der Waals surface area contributed by atoms with Crippen molar-refractivity contribution >= 4 is 15.5 Å². The largest absolute Gasteiger partial charge is 0.380 e. The number of halogens is 1. The van der Waals surface area contributed by atoms with Gasteiger partial charge in [-0.15, -0.1) is 0 Å². The minimum atomic E-state index is -3.32. The molecule has 0 heterocycles. The third-order valence-electron chi connectivity index (χ3n) is 3.60. The fourth-order valence-electron chi connectivity index (χ4n) is 2.05. The molecule has 0 spiro atoms. The quantitative estimate of drug-likeness (QED) is 0.778. The SMILES string of the molecule is CCC(C)CC(CC)Nc1cc(S(C)(=O)=O)ccc1F. The normalized spacial score (nSPS) is 14.8. The zero-order valence-corrected chi connectivity index (χ0v) is 13.4. The first-order chi connectivity index (χ1) is 9.27. The van der Waals surface area contributed by atoms with Crippen LogP contribution < -0.4 is 5.32 Å². The van der Waals surface area contributed by atoms with E-state index in [1.807, 2.05) is 6.92 Å². The molecule has 0 aliphatic rings. The highest BCUT2D eigenvalue weighted by Gasteiger charge is 2.15. The van der Waals surface area contributed by atoms with Crippen molar-refractivity contribution in [3.63, 3.8) is 0 Å². The van der Waals surface area contributed by atoms with Crippen LogP contribution in [0.1, 0.15) is 40.0 Å². The number of hydrogen-bond acceptors (Lipinski definition) is 3. The standard InChI is InChI=1S/C15H24FNO2S/c1-5-11(3)9-12(6-2)17-15-10-13(20(4,18)19)7-8-14(15)16/h7-8,10-12,17H,5-6,9H2,1-4H3. The van der Waals surface area contributed by atoms with Crippen molar-refractivity contribution < 1.29 is 12.8 Å². The van der Waals surface area contributed by atoms with Gasteiger partial charge in [-0.1, -0.05) is 27.2 Å².